The molecule has 0 heterocycles. The smallest absolute Gasteiger partial charge is 0.338 e. The van der Waals surface area contributed by atoms with Crippen LogP contribution in [-0.4, -0.2) is 40.0 Å². The number of aliphatic hydroxyl groups is 1. The number of hydrogen-bond donors (Lipinski definition) is 3. The fourth-order valence-electron chi connectivity index (χ4n) is 3.77. The number of esters is 1. The number of aliphatic hydroxyl groups excluding tert-OH is 1. The maximum Gasteiger partial charge on any atom is 0.338 e. The molecule has 0 aliphatic carbocycles. The first-order chi connectivity index (χ1) is 16.8. The molecule has 0 amide bonds. The van der Waals surface area contributed by atoms with E-state index in [0.717, 1.165) is 24.8 Å². The van der Waals surface area contributed by atoms with Gasteiger partial charge in [0.05, 0.1) is 12.2 Å². The maximum absolute atomic E-state index is 12.2. The zero-order chi connectivity index (χ0) is 26.3. The van der Waals surface area contributed by atoms with Crippen molar-refractivity contribution >= 4 is 11.9 Å². The molecular formula is C29H50O6. The number of rotatable bonds is 19. The van der Waals surface area contributed by atoms with Crippen molar-refractivity contribution in [2.45, 2.75) is 130 Å². The number of benzene rings is 1. The van der Waals surface area contributed by atoms with Crippen LogP contribution in [0.2, 0.25) is 0 Å². The van der Waals surface area contributed by atoms with Crippen LogP contribution in [0.15, 0.2) is 18.2 Å². The normalized spacial score (nSPS) is 11.4. The predicted molar refractivity (Wildman–Crippen MR) is 142 cm³/mol. The SMILES string of the molecule is CC(O)C(=O)O.CCCCCCCCCCCCCCCCc1cc(O)ccc1C(=O)OCCC. The Labute approximate surface area is 213 Å². The summed E-state index contributed by atoms with van der Waals surface area (Å²) >= 11 is 0. The molecule has 35 heavy (non-hydrogen) atoms. The molecule has 0 saturated carbocycles. The van der Waals surface area contributed by atoms with E-state index < -0.39 is 12.1 Å². The highest BCUT2D eigenvalue weighted by atomic mass is 16.5. The number of phenolic OH excluding ortho intramolecular Hbond substituents is 1. The second-order valence-electron chi connectivity index (χ2n) is 9.34. The van der Waals surface area contributed by atoms with Gasteiger partial charge in [-0.15, -0.1) is 0 Å². The predicted octanol–water partition coefficient (Wildman–Crippen LogP) is 7.43. The van der Waals surface area contributed by atoms with Crippen molar-refractivity contribution in [3.63, 3.8) is 0 Å². The van der Waals surface area contributed by atoms with Gasteiger partial charge in [0.15, 0.2) is 0 Å². The van der Waals surface area contributed by atoms with Crippen molar-refractivity contribution in [3.05, 3.63) is 29.3 Å². The number of hydrogen-bond acceptors (Lipinski definition) is 5. The molecule has 0 aliphatic heterocycles. The molecule has 1 aromatic rings. The summed E-state index contributed by atoms with van der Waals surface area (Å²) in [7, 11) is 0. The van der Waals surface area contributed by atoms with Gasteiger partial charge in [0.1, 0.15) is 11.9 Å². The van der Waals surface area contributed by atoms with E-state index in [2.05, 4.69) is 6.92 Å². The molecule has 0 bridgehead atoms. The molecule has 1 aromatic carbocycles. The quantitative estimate of drug-likeness (QED) is 0.136. The van der Waals surface area contributed by atoms with Crippen molar-refractivity contribution in [2.75, 3.05) is 6.61 Å². The molecule has 0 radical (unpaired) electrons. The van der Waals surface area contributed by atoms with Gasteiger partial charge in [0.25, 0.3) is 0 Å². The second-order valence-corrected chi connectivity index (χ2v) is 9.34. The minimum absolute atomic E-state index is 0.220. The lowest BCUT2D eigenvalue weighted by atomic mass is 9.99. The highest BCUT2D eigenvalue weighted by Crippen LogP contribution is 2.21. The van der Waals surface area contributed by atoms with E-state index >= 15 is 0 Å². The van der Waals surface area contributed by atoms with Crippen LogP contribution in [-0.2, 0) is 16.0 Å². The summed E-state index contributed by atoms with van der Waals surface area (Å²) in [5, 5.41) is 25.5. The van der Waals surface area contributed by atoms with Gasteiger partial charge in [-0.3, -0.25) is 0 Å². The average Bonchev–Trinajstić information content (AvgIpc) is 2.83. The van der Waals surface area contributed by atoms with Gasteiger partial charge < -0.3 is 20.1 Å². The first kappa shape index (κ1) is 32.9. The third kappa shape index (κ3) is 18.9. The molecule has 0 saturated heterocycles. The summed E-state index contributed by atoms with van der Waals surface area (Å²) in [4.78, 5) is 21.6. The summed E-state index contributed by atoms with van der Waals surface area (Å²) in [5.74, 6) is -1.24. The van der Waals surface area contributed by atoms with Crippen LogP contribution in [0.5, 0.6) is 5.75 Å². The Morgan fingerprint density at radius 3 is 1.69 bits per heavy atom. The fourth-order valence-corrected chi connectivity index (χ4v) is 3.77. The van der Waals surface area contributed by atoms with Gasteiger partial charge >= 0.3 is 11.9 Å². The van der Waals surface area contributed by atoms with Crippen LogP contribution in [0.1, 0.15) is 133 Å². The van der Waals surface area contributed by atoms with Crippen molar-refractivity contribution in [1.82, 2.24) is 0 Å². The number of aliphatic carboxylic acids is 1. The molecule has 1 atom stereocenters. The topological polar surface area (TPSA) is 104 Å². The number of carboxylic acid groups (broad SMARTS) is 1. The second kappa shape index (κ2) is 22.4. The number of phenols is 1. The van der Waals surface area contributed by atoms with E-state index in [0.29, 0.717) is 12.2 Å². The molecule has 0 aromatic heterocycles. The van der Waals surface area contributed by atoms with E-state index in [4.69, 9.17) is 14.9 Å². The van der Waals surface area contributed by atoms with Crippen LogP contribution >= 0.6 is 0 Å². The van der Waals surface area contributed by atoms with Gasteiger partial charge in [-0.2, -0.15) is 0 Å². The molecule has 0 aliphatic rings. The van der Waals surface area contributed by atoms with Crippen LogP contribution in [0.4, 0.5) is 0 Å². The first-order valence-corrected chi connectivity index (χ1v) is 13.7. The van der Waals surface area contributed by atoms with Crippen molar-refractivity contribution in [3.8, 4) is 5.75 Å². The van der Waals surface area contributed by atoms with E-state index in [1.165, 1.54) is 90.4 Å². The van der Waals surface area contributed by atoms with Gasteiger partial charge in [-0.1, -0.05) is 97.3 Å². The molecular weight excluding hydrogens is 444 g/mol. The van der Waals surface area contributed by atoms with Crippen molar-refractivity contribution < 1.29 is 29.6 Å². The molecule has 202 valence electrons. The Bertz CT molecular complexity index is 671. The number of carboxylic acids is 1. The summed E-state index contributed by atoms with van der Waals surface area (Å²) < 4.78 is 5.26. The molecule has 0 fully saturated rings. The van der Waals surface area contributed by atoms with Crippen LogP contribution in [0, 0.1) is 0 Å². The van der Waals surface area contributed by atoms with E-state index in [1.807, 2.05) is 6.92 Å². The minimum Gasteiger partial charge on any atom is -0.508 e. The third-order valence-electron chi connectivity index (χ3n) is 5.90. The zero-order valence-corrected chi connectivity index (χ0v) is 22.4. The number of unbranched alkanes of at least 4 members (excludes halogenated alkanes) is 13. The minimum atomic E-state index is -1.23. The summed E-state index contributed by atoms with van der Waals surface area (Å²) in [6.07, 6.45) is 19.1. The van der Waals surface area contributed by atoms with E-state index in [1.54, 1.807) is 18.2 Å². The van der Waals surface area contributed by atoms with Crippen LogP contribution in [0.25, 0.3) is 0 Å². The number of carbonyl (C=O) groups excluding carboxylic acids is 1. The Kier molecular flexibility index (Phi) is 21.1. The molecule has 0 spiro atoms. The first-order valence-electron chi connectivity index (χ1n) is 13.7. The van der Waals surface area contributed by atoms with Gasteiger partial charge in [-0.05, 0) is 49.9 Å². The number of aryl methyl sites for hydroxylation is 1. The lowest BCUT2D eigenvalue weighted by Gasteiger charge is -2.10. The van der Waals surface area contributed by atoms with Gasteiger partial charge in [-0.25, -0.2) is 9.59 Å². The summed E-state index contributed by atoms with van der Waals surface area (Å²) in [6.45, 7) is 5.90. The Morgan fingerprint density at radius 1 is 0.800 bits per heavy atom. The lowest BCUT2D eigenvalue weighted by Crippen LogP contribution is -2.13. The van der Waals surface area contributed by atoms with E-state index in [-0.39, 0.29) is 11.7 Å². The third-order valence-corrected chi connectivity index (χ3v) is 5.90. The Hall–Kier alpha value is -2.08. The van der Waals surface area contributed by atoms with Crippen LogP contribution < -0.4 is 0 Å². The fraction of sp³-hybridized carbons (Fsp3) is 0.724. The zero-order valence-electron chi connectivity index (χ0n) is 22.4. The highest BCUT2D eigenvalue weighted by molar-refractivity contribution is 5.91. The maximum atomic E-state index is 12.2. The van der Waals surface area contributed by atoms with E-state index in [9.17, 15) is 14.7 Å². The molecule has 1 rings (SSSR count). The lowest BCUT2D eigenvalue weighted by molar-refractivity contribution is -0.145. The number of carbonyl (C=O) groups is 2. The molecule has 3 N–H and O–H groups in total. The van der Waals surface area contributed by atoms with Gasteiger partial charge in [0.2, 0.25) is 0 Å². The average molecular weight is 495 g/mol. The number of aromatic hydroxyl groups is 1. The van der Waals surface area contributed by atoms with Crippen molar-refractivity contribution in [1.29, 1.82) is 0 Å². The summed E-state index contributed by atoms with van der Waals surface area (Å²) in [5.41, 5.74) is 1.51. The molecule has 6 nitrogen and oxygen atoms in total. The number of ether oxygens (including phenoxy) is 1. The largest absolute Gasteiger partial charge is 0.508 e. The summed E-state index contributed by atoms with van der Waals surface area (Å²) in [6, 6.07) is 4.97. The highest BCUT2D eigenvalue weighted by Gasteiger charge is 2.13. The van der Waals surface area contributed by atoms with Gasteiger partial charge in [0, 0.05) is 0 Å². The molecule has 6 heteroatoms. The Balaban J connectivity index is 0.00000170. The standard InChI is InChI=1S/C26H44O3.C3H6O3/c1-3-5-6-7-8-9-10-11-12-13-14-15-16-17-18-23-22-24(27)19-20-25(23)26(28)29-21-4-2;1-2(4)3(5)6/h19-20,22,27H,3-18,21H2,1-2H3;2,4H,1H3,(H,5,6). The van der Waals surface area contributed by atoms with Crippen LogP contribution in [0.3, 0.4) is 0 Å². The monoisotopic (exact) mass is 494 g/mol. The Morgan fingerprint density at radius 2 is 1.26 bits per heavy atom. The molecule has 1 unspecified atom stereocenters. The van der Waals surface area contributed by atoms with Crippen molar-refractivity contribution in [2.24, 2.45) is 0 Å².